The topological polar surface area (TPSA) is 68.2 Å². The average Bonchev–Trinajstić information content (AvgIpc) is 2.82. The number of halogens is 1. The Morgan fingerprint density at radius 1 is 1.36 bits per heavy atom. The van der Waals surface area contributed by atoms with Gasteiger partial charge in [-0.15, -0.1) is 0 Å². The smallest absolute Gasteiger partial charge is 0.303 e. The zero-order valence-electron chi connectivity index (χ0n) is 12.9. The molecule has 1 aromatic rings. The van der Waals surface area contributed by atoms with Crippen LogP contribution in [0.2, 0.25) is 0 Å². The number of allylic oxidation sites excluding steroid dienone is 1. The monoisotopic (exact) mass is 308 g/mol. The van der Waals surface area contributed by atoms with Gasteiger partial charge in [0.05, 0.1) is 0 Å². The number of carboxylic acids is 1. The number of rotatable bonds is 9. The van der Waals surface area contributed by atoms with E-state index in [2.05, 4.69) is 4.57 Å². The van der Waals surface area contributed by atoms with E-state index < -0.39 is 12.1 Å². The van der Waals surface area contributed by atoms with Crippen LogP contribution in [-0.2, 0) is 24.2 Å². The lowest BCUT2D eigenvalue weighted by molar-refractivity contribution is -0.136. The standard InChI is InChI=1S/C17H25FN2O2/c18-14-6-7-16-15(11-14)13(5-8-17(21)22)12-20(16)10-4-2-1-3-9-19/h6-7,12,14H,1-5,8-11,19H2,(H,21,22). The highest BCUT2D eigenvalue weighted by Gasteiger charge is 2.21. The van der Waals surface area contributed by atoms with Crippen LogP contribution >= 0.6 is 0 Å². The van der Waals surface area contributed by atoms with E-state index in [4.69, 9.17) is 10.8 Å². The number of aryl methyl sites for hydroxylation is 2. The molecule has 0 aromatic carbocycles. The van der Waals surface area contributed by atoms with E-state index in [0.29, 0.717) is 12.8 Å². The normalized spacial score (nSPS) is 16.7. The third-order valence-electron chi connectivity index (χ3n) is 4.14. The molecule has 0 amide bonds. The zero-order chi connectivity index (χ0) is 15.9. The van der Waals surface area contributed by atoms with Crippen LogP contribution in [0.25, 0.3) is 6.08 Å². The van der Waals surface area contributed by atoms with Gasteiger partial charge in [0.1, 0.15) is 6.17 Å². The van der Waals surface area contributed by atoms with Crippen molar-refractivity contribution in [1.29, 1.82) is 0 Å². The number of unbranched alkanes of at least 4 members (excludes halogenated alkanes) is 3. The van der Waals surface area contributed by atoms with Crippen molar-refractivity contribution in [1.82, 2.24) is 4.57 Å². The van der Waals surface area contributed by atoms with Crippen molar-refractivity contribution in [3.8, 4) is 0 Å². The van der Waals surface area contributed by atoms with Crippen molar-refractivity contribution in [3.05, 3.63) is 29.1 Å². The van der Waals surface area contributed by atoms with E-state index in [0.717, 1.165) is 55.6 Å². The summed E-state index contributed by atoms with van der Waals surface area (Å²) in [5.41, 5.74) is 8.50. The fraction of sp³-hybridized carbons (Fsp3) is 0.588. The third kappa shape index (κ3) is 4.44. The minimum absolute atomic E-state index is 0.0909. The second kappa shape index (κ2) is 8.13. The quantitative estimate of drug-likeness (QED) is 0.689. The molecule has 1 aliphatic carbocycles. The van der Waals surface area contributed by atoms with Crippen molar-refractivity contribution in [3.63, 3.8) is 0 Å². The first-order valence-corrected chi connectivity index (χ1v) is 8.07. The third-order valence-corrected chi connectivity index (χ3v) is 4.14. The summed E-state index contributed by atoms with van der Waals surface area (Å²) < 4.78 is 15.8. The van der Waals surface area contributed by atoms with E-state index in [-0.39, 0.29) is 6.42 Å². The lowest BCUT2D eigenvalue weighted by Gasteiger charge is -2.14. The highest BCUT2D eigenvalue weighted by Crippen LogP contribution is 2.28. The molecule has 1 aromatic heterocycles. The molecule has 122 valence electrons. The first-order chi connectivity index (χ1) is 10.6. The number of aliphatic carboxylic acids is 1. The molecule has 0 radical (unpaired) electrons. The number of hydrogen-bond donors (Lipinski definition) is 2. The summed E-state index contributed by atoms with van der Waals surface area (Å²) in [7, 11) is 0. The van der Waals surface area contributed by atoms with Gasteiger partial charge < -0.3 is 15.4 Å². The summed E-state index contributed by atoms with van der Waals surface area (Å²) in [6.07, 6.45) is 9.78. The molecule has 0 saturated carbocycles. The van der Waals surface area contributed by atoms with Crippen molar-refractivity contribution < 1.29 is 14.3 Å². The van der Waals surface area contributed by atoms with Gasteiger partial charge in [-0.1, -0.05) is 12.8 Å². The van der Waals surface area contributed by atoms with Gasteiger partial charge in [-0.25, -0.2) is 4.39 Å². The highest BCUT2D eigenvalue weighted by molar-refractivity contribution is 5.67. The number of hydrogen-bond acceptors (Lipinski definition) is 2. The van der Waals surface area contributed by atoms with Crippen LogP contribution in [0.3, 0.4) is 0 Å². The maximum Gasteiger partial charge on any atom is 0.303 e. The summed E-state index contributed by atoms with van der Waals surface area (Å²) in [4.78, 5) is 10.8. The van der Waals surface area contributed by atoms with E-state index in [1.807, 2.05) is 12.3 Å². The molecule has 0 saturated heterocycles. The molecule has 0 spiro atoms. The van der Waals surface area contributed by atoms with Crippen molar-refractivity contribution >= 4 is 12.0 Å². The molecule has 1 atom stereocenters. The Morgan fingerprint density at radius 3 is 2.86 bits per heavy atom. The van der Waals surface area contributed by atoms with Gasteiger partial charge in [0.25, 0.3) is 0 Å². The molecule has 5 heteroatoms. The lowest BCUT2D eigenvalue weighted by atomic mass is 9.97. The maximum absolute atomic E-state index is 13.6. The minimum atomic E-state index is -0.962. The van der Waals surface area contributed by atoms with Crippen molar-refractivity contribution in [2.24, 2.45) is 5.73 Å². The minimum Gasteiger partial charge on any atom is -0.481 e. The molecular formula is C17H25FN2O2. The number of nitrogens with zero attached hydrogens (tertiary/aromatic N) is 1. The van der Waals surface area contributed by atoms with Gasteiger partial charge in [0, 0.05) is 31.3 Å². The summed E-state index contributed by atoms with van der Waals surface area (Å²) in [5.74, 6) is -0.813. The fourth-order valence-electron chi connectivity index (χ4n) is 2.99. The van der Waals surface area contributed by atoms with Gasteiger partial charge in [0.2, 0.25) is 0 Å². The maximum atomic E-state index is 13.6. The molecule has 0 bridgehead atoms. The largest absolute Gasteiger partial charge is 0.481 e. The lowest BCUT2D eigenvalue weighted by Crippen LogP contribution is -2.10. The molecule has 22 heavy (non-hydrogen) atoms. The van der Waals surface area contributed by atoms with Crippen LogP contribution in [0.15, 0.2) is 12.3 Å². The van der Waals surface area contributed by atoms with Crippen LogP contribution < -0.4 is 5.73 Å². The summed E-state index contributed by atoms with van der Waals surface area (Å²) in [6.45, 7) is 1.63. The summed E-state index contributed by atoms with van der Waals surface area (Å²) in [5, 5.41) is 8.86. The Kier molecular flexibility index (Phi) is 6.19. The van der Waals surface area contributed by atoms with E-state index in [9.17, 15) is 9.18 Å². The van der Waals surface area contributed by atoms with E-state index in [1.54, 1.807) is 6.08 Å². The molecule has 1 aliphatic rings. The Morgan fingerprint density at radius 2 is 2.14 bits per heavy atom. The van der Waals surface area contributed by atoms with Crippen LogP contribution in [0.5, 0.6) is 0 Å². The summed E-state index contributed by atoms with van der Waals surface area (Å²) >= 11 is 0. The molecule has 3 N–H and O–H groups in total. The Hall–Kier alpha value is -1.62. The highest BCUT2D eigenvalue weighted by atomic mass is 19.1. The summed E-state index contributed by atoms with van der Waals surface area (Å²) in [6, 6.07) is 0. The number of alkyl halides is 1. The van der Waals surface area contributed by atoms with Crippen molar-refractivity contribution in [2.45, 2.75) is 57.7 Å². The predicted octanol–water partition coefficient (Wildman–Crippen LogP) is 2.93. The Labute approximate surface area is 130 Å². The molecule has 1 unspecified atom stereocenters. The van der Waals surface area contributed by atoms with Crippen LogP contribution in [0, 0.1) is 0 Å². The molecule has 0 aliphatic heterocycles. The molecule has 1 heterocycles. The number of nitrogens with two attached hydrogens (primary N) is 1. The average molecular weight is 308 g/mol. The van der Waals surface area contributed by atoms with Crippen LogP contribution in [0.4, 0.5) is 4.39 Å². The number of carboxylic acid groups (broad SMARTS) is 1. The second-order valence-electron chi connectivity index (χ2n) is 5.89. The first-order valence-electron chi connectivity index (χ1n) is 8.07. The predicted molar refractivity (Wildman–Crippen MR) is 85.5 cm³/mol. The number of fused-ring (bicyclic) bond motifs is 1. The van der Waals surface area contributed by atoms with Crippen LogP contribution in [-0.4, -0.2) is 28.4 Å². The number of carbonyl (C=O) groups is 1. The van der Waals surface area contributed by atoms with E-state index >= 15 is 0 Å². The van der Waals surface area contributed by atoms with E-state index in [1.165, 1.54) is 0 Å². The van der Waals surface area contributed by atoms with Gasteiger partial charge in [-0.2, -0.15) is 0 Å². The van der Waals surface area contributed by atoms with Gasteiger partial charge in [-0.05, 0) is 49.1 Å². The Balaban J connectivity index is 2.05. The molecule has 0 fully saturated rings. The Bertz CT molecular complexity index is 537. The zero-order valence-corrected chi connectivity index (χ0v) is 12.9. The first kappa shape index (κ1) is 16.7. The second-order valence-corrected chi connectivity index (χ2v) is 5.89. The van der Waals surface area contributed by atoms with Crippen LogP contribution in [0.1, 0.15) is 48.9 Å². The number of aromatic nitrogens is 1. The van der Waals surface area contributed by atoms with Gasteiger partial charge >= 0.3 is 5.97 Å². The fourth-order valence-corrected chi connectivity index (χ4v) is 2.99. The molecule has 4 nitrogen and oxygen atoms in total. The SMILES string of the molecule is NCCCCCCn1cc(CCC(=O)O)c2c1C=CC(F)C2. The van der Waals surface area contributed by atoms with Crippen molar-refractivity contribution in [2.75, 3.05) is 6.54 Å². The van der Waals surface area contributed by atoms with Gasteiger partial charge in [0.15, 0.2) is 0 Å². The molecular weight excluding hydrogens is 283 g/mol. The van der Waals surface area contributed by atoms with Gasteiger partial charge in [-0.3, -0.25) is 4.79 Å². The molecule has 2 rings (SSSR count).